The Labute approximate surface area is 100 Å². The number of hydrogen-bond donors (Lipinski definition) is 2. The molecular weight excluding hydrogens is 229 g/mol. The molecule has 0 spiro atoms. The fourth-order valence-corrected chi connectivity index (χ4v) is 1.47. The van der Waals surface area contributed by atoms with Crippen molar-refractivity contribution in [2.45, 2.75) is 32.4 Å². The third kappa shape index (κ3) is 3.74. The third-order valence-corrected chi connectivity index (χ3v) is 3.04. The van der Waals surface area contributed by atoms with Gasteiger partial charge >= 0.3 is 0 Å². The fraction of sp³-hybridized carbons (Fsp3) is 0.500. The predicted octanol–water partition coefficient (Wildman–Crippen LogP) is 2.73. The molecule has 2 nitrogen and oxygen atoms in total. The van der Waals surface area contributed by atoms with E-state index in [4.69, 9.17) is 11.6 Å². The Bertz CT molecular complexity index is 355. The van der Waals surface area contributed by atoms with Crippen molar-refractivity contribution < 1.29 is 9.50 Å². The van der Waals surface area contributed by atoms with Gasteiger partial charge in [0.05, 0.1) is 10.6 Å². The molecule has 0 saturated carbocycles. The predicted molar refractivity (Wildman–Crippen MR) is 64.0 cm³/mol. The molecule has 0 heterocycles. The van der Waals surface area contributed by atoms with Crippen molar-refractivity contribution in [2.24, 2.45) is 0 Å². The first-order valence-electron chi connectivity index (χ1n) is 5.32. The van der Waals surface area contributed by atoms with E-state index in [1.807, 2.05) is 6.92 Å². The van der Waals surface area contributed by atoms with E-state index in [9.17, 15) is 9.50 Å². The highest BCUT2D eigenvalue weighted by Crippen LogP contribution is 2.19. The lowest BCUT2D eigenvalue weighted by molar-refractivity contribution is 0.0555. The highest BCUT2D eigenvalue weighted by molar-refractivity contribution is 6.31. The molecule has 0 aromatic heterocycles. The minimum Gasteiger partial charge on any atom is -0.389 e. The maximum absolute atomic E-state index is 13.1. The smallest absolute Gasteiger partial charge is 0.142 e. The van der Waals surface area contributed by atoms with Gasteiger partial charge in [0.25, 0.3) is 0 Å². The maximum Gasteiger partial charge on any atom is 0.142 e. The van der Waals surface area contributed by atoms with Gasteiger partial charge in [0.1, 0.15) is 5.82 Å². The Kier molecular flexibility index (Phi) is 4.71. The fourth-order valence-electron chi connectivity index (χ4n) is 1.28. The van der Waals surface area contributed by atoms with Gasteiger partial charge in [-0.1, -0.05) is 30.7 Å². The second kappa shape index (κ2) is 5.62. The van der Waals surface area contributed by atoms with Crippen LogP contribution in [0.1, 0.15) is 25.8 Å². The first-order valence-corrected chi connectivity index (χ1v) is 5.70. The first kappa shape index (κ1) is 13.4. The van der Waals surface area contributed by atoms with Crippen molar-refractivity contribution in [2.75, 3.05) is 6.54 Å². The molecule has 4 heteroatoms. The minimum atomic E-state index is -0.736. The lowest BCUT2D eigenvalue weighted by Crippen LogP contribution is -2.36. The van der Waals surface area contributed by atoms with Crippen LogP contribution in [0, 0.1) is 5.82 Å². The standard InChI is InChI=1S/C12H17ClFNO/c1-3-12(2,16)8-15-7-9-5-4-6-10(14)11(9)13/h4-6,15-16H,3,7-8H2,1-2H3. The van der Waals surface area contributed by atoms with E-state index in [0.717, 1.165) is 0 Å². The zero-order chi connectivity index (χ0) is 12.2. The van der Waals surface area contributed by atoms with Crippen molar-refractivity contribution in [3.8, 4) is 0 Å². The van der Waals surface area contributed by atoms with Gasteiger partial charge < -0.3 is 10.4 Å². The van der Waals surface area contributed by atoms with Crippen molar-refractivity contribution >= 4 is 11.6 Å². The molecule has 0 aliphatic rings. The Morgan fingerprint density at radius 2 is 2.19 bits per heavy atom. The van der Waals surface area contributed by atoms with Crippen LogP contribution >= 0.6 is 11.6 Å². The van der Waals surface area contributed by atoms with Crippen molar-refractivity contribution in [3.05, 3.63) is 34.6 Å². The van der Waals surface area contributed by atoms with Gasteiger partial charge in [-0.15, -0.1) is 0 Å². The van der Waals surface area contributed by atoms with E-state index in [1.54, 1.807) is 19.1 Å². The average molecular weight is 246 g/mol. The highest BCUT2D eigenvalue weighted by atomic mass is 35.5. The van der Waals surface area contributed by atoms with Crippen molar-refractivity contribution in [3.63, 3.8) is 0 Å². The van der Waals surface area contributed by atoms with Gasteiger partial charge in [0, 0.05) is 13.1 Å². The number of benzene rings is 1. The number of halogens is 2. The summed E-state index contributed by atoms with van der Waals surface area (Å²) in [6, 6.07) is 4.71. The van der Waals surface area contributed by atoms with Gasteiger partial charge in [0.2, 0.25) is 0 Å². The van der Waals surface area contributed by atoms with E-state index >= 15 is 0 Å². The molecule has 0 aliphatic heterocycles. The molecule has 1 unspecified atom stereocenters. The minimum absolute atomic E-state index is 0.145. The quantitative estimate of drug-likeness (QED) is 0.836. The van der Waals surface area contributed by atoms with E-state index in [2.05, 4.69) is 5.32 Å². The SMILES string of the molecule is CCC(C)(O)CNCc1cccc(F)c1Cl. The van der Waals surface area contributed by atoms with Gasteiger partial charge in [-0.2, -0.15) is 0 Å². The van der Waals surface area contributed by atoms with Crippen LogP contribution in [0.2, 0.25) is 5.02 Å². The van der Waals surface area contributed by atoms with Crippen LogP contribution in [0.3, 0.4) is 0 Å². The van der Waals surface area contributed by atoms with Crippen molar-refractivity contribution in [1.29, 1.82) is 0 Å². The summed E-state index contributed by atoms with van der Waals surface area (Å²) >= 11 is 5.80. The Hall–Kier alpha value is -0.640. The number of aliphatic hydroxyl groups is 1. The lowest BCUT2D eigenvalue weighted by atomic mass is 10.0. The van der Waals surface area contributed by atoms with Crippen LogP contribution in [0.15, 0.2) is 18.2 Å². The topological polar surface area (TPSA) is 32.3 Å². The molecule has 1 rings (SSSR count). The van der Waals surface area contributed by atoms with Crippen LogP contribution in [-0.2, 0) is 6.54 Å². The summed E-state index contributed by atoms with van der Waals surface area (Å²) in [5.74, 6) is -0.414. The summed E-state index contributed by atoms with van der Waals surface area (Å²) in [6.45, 7) is 4.58. The van der Waals surface area contributed by atoms with Crippen LogP contribution in [0.5, 0.6) is 0 Å². The molecule has 1 aromatic carbocycles. The normalized spacial score (nSPS) is 14.8. The van der Waals surface area contributed by atoms with Crippen LogP contribution in [0.25, 0.3) is 0 Å². The summed E-state index contributed by atoms with van der Waals surface area (Å²) in [4.78, 5) is 0. The number of nitrogens with one attached hydrogen (secondary N) is 1. The summed E-state index contributed by atoms with van der Waals surface area (Å²) in [7, 11) is 0. The van der Waals surface area contributed by atoms with Gasteiger partial charge in [-0.05, 0) is 25.0 Å². The Balaban J connectivity index is 2.53. The Morgan fingerprint density at radius 3 is 2.81 bits per heavy atom. The van der Waals surface area contributed by atoms with Gasteiger partial charge in [-0.25, -0.2) is 4.39 Å². The molecule has 0 aliphatic carbocycles. The molecule has 1 atom stereocenters. The van der Waals surface area contributed by atoms with E-state index in [-0.39, 0.29) is 5.02 Å². The van der Waals surface area contributed by atoms with Crippen LogP contribution in [-0.4, -0.2) is 17.3 Å². The van der Waals surface area contributed by atoms with E-state index in [0.29, 0.717) is 25.1 Å². The van der Waals surface area contributed by atoms with Crippen LogP contribution in [0.4, 0.5) is 4.39 Å². The van der Waals surface area contributed by atoms with Gasteiger partial charge in [0.15, 0.2) is 0 Å². The molecule has 90 valence electrons. The molecule has 2 N–H and O–H groups in total. The Morgan fingerprint density at radius 1 is 1.50 bits per heavy atom. The molecule has 0 amide bonds. The summed E-state index contributed by atoms with van der Waals surface area (Å²) < 4.78 is 13.1. The third-order valence-electron chi connectivity index (χ3n) is 2.61. The summed E-state index contributed by atoms with van der Waals surface area (Å²) in [5.41, 5.74) is -0.0339. The lowest BCUT2D eigenvalue weighted by Gasteiger charge is -2.21. The second-order valence-corrected chi connectivity index (χ2v) is 4.54. The molecule has 16 heavy (non-hydrogen) atoms. The summed E-state index contributed by atoms with van der Waals surface area (Å²) in [5, 5.41) is 13.0. The zero-order valence-electron chi connectivity index (χ0n) is 9.56. The average Bonchev–Trinajstić information content (AvgIpc) is 2.24. The summed E-state index contributed by atoms with van der Waals surface area (Å²) in [6.07, 6.45) is 0.664. The van der Waals surface area contributed by atoms with Crippen molar-refractivity contribution in [1.82, 2.24) is 5.32 Å². The molecule has 0 bridgehead atoms. The monoisotopic (exact) mass is 245 g/mol. The number of hydrogen-bond acceptors (Lipinski definition) is 2. The maximum atomic E-state index is 13.1. The molecule has 1 aromatic rings. The number of rotatable bonds is 5. The first-order chi connectivity index (χ1) is 7.46. The largest absolute Gasteiger partial charge is 0.389 e. The molecule has 0 radical (unpaired) electrons. The molecule has 0 fully saturated rings. The molecular formula is C12H17ClFNO. The van der Waals surface area contributed by atoms with E-state index < -0.39 is 11.4 Å². The van der Waals surface area contributed by atoms with E-state index in [1.165, 1.54) is 6.07 Å². The van der Waals surface area contributed by atoms with Crippen LogP contribution < -0.4 is 5.32 Å². The second-order valence-electron chi connectivity index (χ2n) is 4.17. The zero-order valence-corrected chi connectivity index (χ0v) is 10.3. The highest BCUT2D eigenvalue weighted by Gasteiger charge is 2.16. The molecule has 0 saturated heterocycles. The van der Waals surface area contributed by atoms with Gasteiger partial charge in [-0.3, -0.25) is 0 Å².